The molecule has 0 amide bonds. The van der Waals surface area contributed by atoms with Crippen LogP contribution >= 0.6 is 23.5 Å². The number of anilines is 1. The van der Waals surface area contributed by atoms with Gasteiger partial charge in [0.25, 0.3) is 23.5 Å². The number of phosphoric ester groups is 1. The van der Waals surface area contributed by atoms with Gasteiger partial charge in [-0.2, -0.15) is 0 Å². The molecule has 0 aliphatic carbocycles. The summed E-state index contributed by atoms with van der Waals surface area (Å²) in [5, 5.41) is 3.20. The van der Waals surface area contributed by atoms with Crippen molar-refractivity contribution < 1.29 is 145 Å². The van der Waals surface area contributed by atoms with Gasteiger partial charge >= 0.3 is 88.7 Å². The van der Waals surface area contributed by atoms with Gasteiger partial charge in [-0.15, -0.1) is 0 Å². The topological polar surface area (TPSA) is 305 Å². The minimum Gasteiger partial charge on any atom is -0.756 e. The largest absolute Gasteiger partial charge is 1.00 e. The molecule has 0 radical (unpaired) electrons. The van der Waals surface area contributed by atoms with Crippen molar-refractivity contribution in [3.05, 3.63) is 23.1 Å². The van der Waals surface area contributed by atoms with Crippen LogP contribution in [0.3, 0.4) is 0 Å². The molecule has 1 aliphatic heterocycles. The monoisotopic (exact) mass is 612 g/mol. The summed E-state index contributed by atoms with van der Waals surface area (Å²) < 4.78 is 57.4. The fourth-order valence-corrected chi connectivity index (χ4v) is 5.78. The molecule has 2 aromatic heterocycles. The van der Waals surface area contributed by atoms with E-state index >= 15 is 0 Å². The second-order valence-electron chi connectivity index (χ2n) is 6.33. The summed E-state index contributed by atoms with van der Waals surface area (Å²) in [6.45, 7) is -1.34. The van der Waals surface area contributed by atoms with Crippen LogP contribution in [0.2, 0.25) is 0 Å². The zero-order valence-corrected chi connectivity index (χ0v) is 28.2. The summed E-state index contributed by atoms with van der Waals surface area (Å²) in [4.78, 5) is 56.5. The quantitative estimate of drug-likeness (QED) is 0.0782. The van der Waals surface area contributed by atoms with Crippen LogP contribution in [0.5, 0.6) is 0 Å². The van der Waals surface area contributed by atoms with E-state index in [0.29, 0.717) is 0 Å². The Kier molecular flexibility index (Phi) is 16.3. The van der Waals surface area contributed by atoms with Crippen molar-refractivity contribution in [2.24, 2.45) is 5.11 Å². The fraction of sp³-hybridized carbons (Fsp3) is 0.545. The number of hydrogen-bond acceptors (Lipinski definition) is 16. The third kappa shape index (κ3) is 11.4. The average Bonchev–Trinajstić information content (AvgIpc) is 3.28. The van der Waals surface area contributed by atoms with Crippen LogP contribution in [0.1, 0.15) is 12.6 Å². The Labute approximate surface area is 273 Å². The molecule has 37 heavy (non-hydrogen) atoms. The van der Waals surface area contributed by atoms with Crippen molar-refractivity contribution in [3.8, 4) is 0 Å². The zero-order chi connectivity index (χ0) is 25.1. The van der Waals surface area contributed by atoms with E-state index in [4.69, 9.17) is 25.6 Å². The van der Waals surface area contributed by atoms with E-state index in [2.05, 4.69) is 38.1 Å². The van der Waals surface area contributed by atoms with Crippen molar-refractivity contribution in [1.29, 1.82) is 0 Å². The van der Waals surface area contributed by atoms with E-state index in [0.717, 1.165) is 0 Å². The first-order valence-electron chi connectivity index (χ1n) is 8.74. The van der Waals surface area contributed by atoms with E-state index in [9.17, 15) is 28.4 Å². The molecule has 2 aromatic rings. The summed E-state index contributed by atoms with van der Waals surface area (Å²) >= 11 is 0. The van der Waals surface area contributed by atoms with Gasteiger partial charge in [-0.1, -0.05) is 5.11 Å². The number of imidazole rings is 1. The fourth-order valence-electron chi connectivity index (χ4n) is 2.88. The minimum atomic E-state index is -6.06. The number of hydrogen-bond donors (Lipinski definition) is 2. The van der Waals surface area contributed by atoms with E-state index in [1.807, 2.05) is 0 Å². The molecule has 188 valence electrons. The van der Waals surface area contributed by atoms with Crippen LogP contribution < -0.4 is 109 Å². The van der Waals surface area contributed by atoms with Gasteiger partial charge in [0.05, 0.1) is 19.0 Å². The third-order valence-electron chi connectivity index (χ3n) is 4.09. The molecule has 4 unspecified atom stereocenters. The van der Waals surface area contributed by atoms with E-state index in [1.54, 1.807) is 0 Å². The molecule has 0 saturated carbocycles. The molecule has 1 fully saturated rings. The van der Waals surface area contributed by atoms with Crippen LogP contribution in [0.25, 0.3) is 21.6 Å². The third-order valence-corrected chi connectivity index (χ3v) is 7.78. The average molecular weight is 612 g/mol. The first-order chi connectivity index (χ1) is 15.8. The van der Waals surface area contributed by atoms with Crippen LogP contribution in [0, 0.1) is 0 Å². The van der Waals surface area contributed by atoms with Gasteiger partial charge in [0, 0.05) is 11.3 Å². The number of phosphoric acid groups is 3. The SMILES string of the molecule is [N-]=[N+]=NCOC1C[C@H](n2cnc3c(N)ncnc32)O[C@@H]1COP(=O)([O-])OP(=O)([O-])OP(=O)([O-])O.[Na+].[Na+].[Na+]. The van der Waals surface area contributed by atoms with Crippen LogP contribution in [0.4, 0.5) is 5.82 Å². The molecule has 1 saturated heterocycles. The van der Waals surface area contributed by atoms with Gasteiger partial charge in [0.1, 0.15) is 30.9 Å². The number of nitrogen functional groups attached to an aromatic ring is 1. The maximum atomic E-state index is 11.8. The molecule has 3 heterocycles. The molecule has 0 bridgehead atoms. The number of azide groups is 1. The van der Waals surface area contributed by atoms with Crippen molar-refractivity contribution in [3.63, 3.8) is 0 Å². The Balaban J connectivity index is 0.00000432. The van der Waals surface area contributed by atoms with E-state index < -0.39 is 55.2 Å². The smallest absolute Gasteiger partial charge is 0.756 e. The molecule has 20 nitrogen and oxygen atoms in total. The van der Waals surface area contributed by atoms with Gasteiger partial charge in [-0.3, -0.25) is 18.3 Å². The number of nitrogens with two attached hydrogens (primary N) is 1. The second-order valence-corrected chi connectivity index (χ2v) is 10.6. The summed E-state index contributed by atoms with van der Waals surface area (Å²) in [5.74, 6) is 0.0944. The molecule has 3 rings (SSSR count). The Morgan fingerprint density at radius 2 is 1.86 bits per heavy atom. The summed E-state index contributed by atoms with van der Waals surface area (Å²) in [6, 6.07) is 0. The molecule has 26 heteroatoms. The Morgan fingerprint density at radius 1 is 1.19 bits per heavy atom. The summed E-state index contributed by atoms with van der Waals surface area (Å²) in [5.41, 5.74) is 14.7. The van der Waals surface area contributed by atoms with E-state index in [-0.39, 0.29) is 112 Å². The Bertz CT molecular complexity index is 1240. The first-order valence-corrected chi connectivity index (χ1v) is 13.2. The molecule has 0 aromatic carbocycles. The van der Waals surface area contributed by atoms with Crippen LogP contribution in [-0.4, -0.2) is 50.0 Å². The number of nitrogens with zero attached hydrogens (tertiary/aromatic N) is 7. The summed E-state index contributed by atoms with van der Waals surface area (Å²) in [6.07, 6.45) is -0.440. The van der Waals surface area contributed by atoms with Gasteiger partial charge in [-0.05, 0) is 5.53 Å². The molecule has 6 atom stereocenters. The standard InChI is InChI=1S/C11H17N8O12P3.3Na/c12-10-9-11(15-3-14-10)19(4-16-9)8-1-6(27-5-17-18-13)7(29-8)2-28-33(23,24)31-34(25,26)30-32(20,21)22;;;/h3-4,6-8H,1-2,5H2,(H,23,24)(H,25,26)(H2,12,14,15)(H2,20,21,22);;;/q;3*+1/p-3/t6?,7-,8-;;;/m1.../s1. The van der Waals surface area contributed by atoms with Crippen molar-refractivity contribution in [1.82, 2.24) is 19.5 Å². The normalized spacial score (nSPS) is 23.7. The second kappa shape index (κ2) is 15.8. The molecule has 0 spiro atoms. The van der Waals surface area contributed by atoms with Crippen molar-refractivity contribution >= 4 is 40.4 Å². The minimum absolute atomic E-state index is 0. The van der Waals surface area contributed by atoms with E-state index in [1.165, 1.54) is 17.2 Å². The number of rotatable bonds is 11. The number of fused-ring (bicyclic) bond motifs is 1. The molecular formula is C11H14N8Na3O12P3. The molecular weight excluding hydrogens is 598 g/mol. The number of aromatic nitrogens is 4. The van der Waals surface area contributed by atoms with Gasteiger partial charge < -0.3 is 39.3 Å². The Hall–Kier alpha value is 0.990. The molecule has 3 N–H and O–H groups in total. The van der Waals surface area contributed by atoms with Gasteiger partial charge in [0.15, 0.2) is 11.5 Å². The Morgan fingerprint density at radius 3 is 2.49 bits per heavy atom. The van der Waals surface area contributed by atoms with Crippen LogP contribution in [0.15, 0.2) is 17.8 Å². The zero-order valence-electron chi connectivity index (χ0n) is 19.5. The van der Waals surface area contributed by atoms with Crippen molar-refractivity contribution in [2.45, 2.75) is 24.9 Å². The van der Waals surface area contributed by atoms with Gasteiger partial charge in [-0.25, -0.2) is 23.6 Å². The maximum Gasteiger partial charge on any atom is 1.00 e. The summed E-state index contributed by atoms with van der Waals surface area (Å²) in [7, 11) is -17.7. The van der Waals surface area contributed by atoms with Crippen LogP contribution in [-0.2, 0) is 36.3 Å². The van der Waals surface area contributed by atoms with Gasteiger partial charge in [0.2, 0.25) is 0 Å². The first kappa shape index (κ1) is 38.0. The molecule has 1 aliphatic rings. The predicted molar refractivity (Wildman–Crippen MR) is 100 cm³/mol. The predicted octanol–water partition coefficient (Wildman–Crippen LogP) is -10.2. The maximum absolute atomic E-state index is 11.8. The van der Waals surface area contributed by atoms with Crippen molar-refractivity contribution in [2.75, 3.05) is 19.1 Å². The number of ether oxygens (including phenoxy) is 2.